The SMILES string of the molecule is Cc1[nH]cnc1CNC(=O)[C@@]1(C)CCCO1. The van der Waals surface area contributed by atoms with Gasteiger partial charge in [-0.1, -0.05) is 0 Å². The Kier molecular flexibility index (Phi) is 2.96. The summed E-state index contributed by atoms with van der Waals surface area (Å²) in [5, 5.41) is 2.86. The van der Waals surface area contributed by atoms with Gasteiger partial charge in [-0.25, -0.2) is 4.98 Å². The first-order valence-electron chi connectivity index (χ1n) is 5.53. The molecule has 16 heavy (non-hydrogen) atoms. The van der Waals surface area contributed by atoms with Crippen LogP contribution in [0.2, 0.25) is 0 Å². The number of hydrogen-bond donors (Lipinski definition) is 2. The molecule has 1 aliphatic heterocycles. The van der Waals surface area contributed by atoms with Gasteiger partial charge >= 0.3 is 0 Å². The molecular weight excluding hydrogens is 206 g/mol. The number of amides is 1. The summed E-state index contributed by atoms with van der Waals surface area (Å²) in [4.78, 5) is 19.0. The molecule has 1 saturated heterocycles. The second-order valence-electron chi connectivity index (χ2n) is 4.34. The molecule has 0 spiro atoms. The van der Waals surface area contributed by atoms with E-state index in [1.54, 1.807) is 6.33 Å². The summed E-state index contributed by atoms with van der Waals surface area (Å²) in [6.45, 7) is 4.90. The van der Waals surface area contributed by atoms with E-state index >= 15 is 0 Å². The van der Waals surface area contributed by atoms with E-state index in [0.29, 0.717) is 13.2 Å². The summed E-state index contributed by atoms with van der Waals surface area (Å²) >= 11 is 0. The lowest BCUT2D eigenvalue weighted by molar-refractivity contribution is -0.139. The van der Waals surface area contributed by atoms with Gasteiger partial charge in [-0.15, -0.1) is 0 Å². The van der Waals surface area contributed by atoms with Crippen LogP contribution < -0.4 is 5.32 Å². The van der Waals surface area contributed by atoms with Crippen LogP contribution in [0, 0.1) is 6.92 Å². The number of aryl methyl sites for hydroxylation is 1. The Balaban J connectivity index is 1.91. The van der Waals surface area contributed by atoms with Crippen molar-refractivity contribution in [3.8, 4) is 0 Å². The number of ether oxygens (including phenoxy) is 1. The largest absolute Gasteiger partial charge is 0.365 e. The fraction of sp³-hybridized carbons (Fsp3) is 0.636. The smallest absolute Gasteiger partial charge is 0.252 e. The minimum absolute atomic E-state index is 0.0487. The Hall–Kier alpha value is -1.36. The molecule has 2 N–H and O–H groups in total. The van der Waals surface area contributed by atoms with Crippen molar-refractivity contribution in [3.63, 3.8) is 0 Å². The normalized spacial score (nSPS) is 24.6. The van der Waals surface area contributed by atoms with Gasteiger partial charge < -0.3 is 15.0 Å². The molecule has 1 aromatic heterocycles. The first-order chi connectivity index (χ1) is 7.62. The zero-order valence-corrected chi connectivity index (χ0v) is 9.67. The predicted molar refractivity (Wildman–Crippen MR) is 58.8 cm³/mol. The highest BCUT2D eigenvalue weighted by Gasteiger charge is 2.37. The van der Waals surface area contributed by atoms with Crippen molar-refractivity contribution >= 4 is 5.91 Å². The van der Waals surface area contributed by atoms with E-state index in [2.05, 4.69) is 15.3 Å². The Morgan fingerprint density at radius 2 is 2.56 bits per heavy atom. The minimum Gasteiger partial charge on any atom is -0.365 e. The molecule has 2 rings (SSSR count). The maximum atomic E-state index is 11.9. The van der Waals surface area contributed by atoms with Gasteiger partial charge in [-0.05, 0) is 26.7 Å². The summed E-state index contributed by atoms with van der Waals surface area (Å²) in [5.41, 5.74) is 1.21. The maximum absolute atomic E-state index is 11.9. The molecule has 0 bridgehead atoms. The van der Waals surface area contributed by atoms with Crippen LogP contribution in [-0.2, 0) is 16.1 Å². The zero-order valence-electron chi connectivity index (χ0n) is 9.67. The minimum atomic E-state index is -0.649. The molecule has 1 aliphatic rings. The second-order valence-corrected chi connectivity index (χ2v) is 4.34. The number of hydrogen-bond acceptors (Lipinski definition) is 3. The quantitative estimate of drug-likeness (QED) is 0.800. The second kappa shape index (κ2) is 4.25. The number of aromatic nitrogens is 2. The molecule has 1 fully saturated rings. The van der Waals surface area contributed by atoms with Crippen molar-refractivity contribution in [2.45, 2.75) is 38.8 Å². The van der Waals surface area contributed by atoms with E-state index in [1.807, 2.05) is 13.8 Å². The van der Waals surface area contributed by atoms with Crippen LogP contribution in [-0.4, -0.2) is 28.1 Å². The summed E-state index contributed by atoms with van der Waals surface area (Å²) in [7, 11) is 0. The average molecular weight is 223 g/mol. The van der Waals surface area contributed by atoms with Crippen LogP contribution in [0.1, 0.15) is 31.2 Å². The third-order valence-corrected chi connectivity index (χ3v) is 3.05. The third kappa shape index (κ3) is 2.09. The Morgan fingerprint density at radius 3 is 3.12 bits per heavy atom. The molecule has 88 valence electrons. The molecule has 0 aromatic carbocycles. The molecule has 1 aromatic rings. The van der Waals surface area contributed by atoms with Gasteiger partial charge in [-0.2, -0.15) is 0 Å². The van der Waals surface area contributed by atoms with Gasteiger partial charge in [-0.3, -0.25) is 4.79 Å². The molecule has 0 unspecified atom stereocenters. The van der Waals surface area contributed by atoms with Gasteiger partial charge in [0.15, 0.2) is 0 Å². The lowest BCUT2D eigenvalue weighted by Gasteiger charge is -2.21. The summed E-state index contributed by atoms with van der Waals surface area (Å²) in [6.07, 6.45) is 3.37. The average Bonchev–Trinajstić information content (AvgIpc) is 2.85. The first kappa shape index (κ1) is 11.1. The Morgan fingerprint density at radius 1 is 1.75 bits per heavy atom. The molecule has 0 saturated carbocycles. The van der Waals surface area contributed by atoms with Gasteiger partial charge in [0.2, 0.25) is 0 Å². The summed E-state index contributed by atoms with van der Waals surface area (Å²) in [5.74, 6) is -0.0487. The van der Waals surface area contributed by atoms with Crippen molar-refractivity contribution in [2.24, 2.45) is 0 Å². The van der Waals surface area contributed by atoms with E-state index in [0.717, 1.165) is 24.2 Å². The van der Waals surface area contributed by atoms with E-state index in [-0.39, 0.29) is 5.91 Å². The van der Waals surface area contributed by atoms with Crippen molar-refractivity contribution < 1.29 is 9.53 Å². The van der Waals surface area contributed by atoms with E-state index < -0.39 is 5.60 Å². The van der Waals surface area contributed by atoms with Gasteiger partial charge in [0, 0.05) is 12.3 Å². The number of nitrogens with zero attached hydrogens (tertiary/aromatic N) is 1. The molecule has 1 atom stereocenters. The standard InChI is InChI=1S/C11H17N3O2/c1-8-9(14-7-13-8)6-12-10(15)11(2)4-3-5-16-11/h7H,3-6H2,1-2H3,(H,12,15)(H,13,14)/t11-/m1/s1. The van der Waals surface area contributed by atoms with E-state index in [1.165, 1.54) is 0 Å². The first-order valence-corrected chi connectivity index (χ1v) is 5.53. The number of nitrogens with one attached hydrogen (secondary N) is 2. The molecule has 2 heterocycles. The van der Waals surface area contributed by atoms with Crippen molar-refractivity contribution in [1.29, 1.82) is 0 Å². The fourth-order valence-corrected chi connectivity index (χ4v) is 1.87. The van der Waals surface area contributed by atoms with Crippen LogP contribution in [0.4, 0.5) is 0 Å². The van der Waals surface area contributed by atoms with Crippen LogP contribution >= 0.6 is 0 Å². The maximum Gasteiger partial charge on any atom is 0.252 e. The van der Waals surface area contributed by atoms with Crippen LogP contribution in [0.3, 0.4) is 0 Å². The zero-order chi connectivity index (χ0) is 11.6. The van der Waals surface area contributed by atoms with Gasteiger partial charge in [0.25, 0.3) is 5.91 Å². The number of aromatic amines is 1. The van der Waals surface area contributed by atoms with E-state index in [9.17, 15) is 4.79 Å². The lowest BCUT2D eigenvalue weighted by Crippen LogP contribution is -2.43. The highest BCUT2D eigenvalue weighted by atomic mass is 16.5. The van der Waals surface area contributed by atoms with Gasteiger partial charge in [0.1, 0.15) is 5.60 Å². The van der Waals surface area contributed by atoms with E-state index in [4.69, 9.17) is 4.74 Å². The summed E-state index contributed by atoms with van der Waals surface area (Å²) < 4.78 is 5.46. The number of rotatable bonds is 3. The molecule has 5 heteroatoms. The highest BCUT2D eigenvalue weighted by Crippen LogP contribution is 2.25. The number of H-pyrrole nitrogens is 1. The molecule has 0 radical (unpaired) electrons. The lowest BCUT2D eigenvalue weighted by atomic mass is 10.0. The number of imidazole rings is 1. The van der Waals surface area contributed by atoms with Gasteiger partial charge in [0.05, 0.1) is 18.6 Å². The van der Waals surface area contributed by atoms with Crippen molar-refractivity contribution in [2.75, 3.05) is 6.61 Å². The topological polar surface area (TPSA) is 67.0 Å². The molecule has 5 nitrogen and oxygen atoms in total. The number of carbonyl (C=O) groups excluding carboxylic acids is 1. The fourth-order valence-electron chi connectivity index (χ4n) is 1.87. The highest BCUT2D eigenvalue weighted by molar-refractivity contribution is 5.84. The molecular formula is C11H17N3O2. The molecule has 0 aliphatic carbocycles. The third-order valence-electron chi connectivity index (χ3n) is 3.05. The predicted octanol–water partition coefficient (Wildman–Crippen LogP) is 0.903. The van der Waals surface area contributed by atoms with Crippen LogP contribution in [0.15, 0.2) is 6.33 Å². The van der Waals surface area contributed by atoms with Crippen molar-refractivity contribution in [3.05, 3.63) is 17.7 Å². The monoisotopic (exact) mass is 223 g/mol. The number of carbonyl (C=O) groups is 1. The van der Waals surface area contributed by atoms with Crippen molar-refractivity contribution in [1.82, 2.24) is 15.3 Å². The van der Waals surface area contributed by atoms with Crippen LogP contribution in [0.5, 0.6) is 0 Å². The Labute approximate surface area is 94.6 Å². The Bertz CT molecular complexity index is 380. The van der Waals surface area contributed by atoms with Crippen LogP contribution in [0.25, 0.3) is 0 Å². The molecule has 1 amide bonds. The summed E-state index contributed by atoms with van der Waals surface area (Å²) in [6, 6.07) is 0.